The quantitative estimate of drug-likeness (QED) is 0.817. The predicted molar refractivity (Wildman–Crippen MR) is 74.8 cm³/mol. The summed E-state index contributed by atoms with van der Waals surface area (Å²) in [6.07, 6.45) is 0.643. The number of aryl methyl sites for hydroxylation is 2. The summed E-state index contributed by atoms with van der Waals surface area (Å²) in [5, 5.41) is 0. The monoisotopic (exact) mass is 271 g/mol. The van der Waals surface area contributed by atoms with Crippen LogP contribution in [0.1, 0.15) is 17.5 Å². The molecule has 0 saturated carbocycles. The van der Waals surface area contributed by atoms with E-state index in [1.165, 1.54) is 4.31 Å². The zero-order chi connectivity index (χ0) is 13.8. The maximum atomic E-state index is 12.0. The van der Waals surface area contributed by atoms with Gasteiger partial charge in [-0.2, -0.15) is 12.7 Å². The van der Waals surface area contributed by atoms with Crippen LogP contribution in [0.15, 0.2) is 18.2 Å². The van der Waals surface area contributed by atoms with Crippen LogP contribution >= 0.6 is 0 Å². The Labute approximate surface area is 109 Å². The van der Waals surface area contributed by atoms with Crippen LogP contribution < -0.4 is 10.5 Å². The Morgan fingerprint density at radius 3 is 2.50 bits per heavy atom. The van der Waals surface area contributed by atoms with Gasteiger partial charge in [-0.3, -0.25) is 4.72 Å². The summed E-state index contributed by atoms with van der Waals surface area (Å²) in [4.78, 5) is 0. The summed E-state index contributed by atoms with van der Waals surface area (Å²) in [5.74, 6) is 0. The van der Waals surface area contributed by atoms with Crippen LogP contribution in [0.4, 0.5) is 5.69 Å². The highest BCUT2D eigenvalue weighted by atomic mass is 32.2. The van der Waals surface area contributed by atoms with E-state index in [-0.39, 0.29) is 0 Å². The molecule has 1 aromatic carbocycles. The molecule has 0 heterocycles. The molecular formula is C12H21N3O2S. The maximum absolute atomic E-state index is 12.0. The van der Waals surface area contributed by atoms with Gasteiger partial charge >= 0.3 is 10.2 Å². The Morgan fingerprint density at radius 2 is 1.94 bits per heavy atom. The molecule has 5 nitrogen and oxygen atoms in total. The molecule has 0 aromatic heterocycles. The molecule has 3 N–H and O–H groups in total. The predicted octanol–water partition coefficient (Wildman–Crippen LogP) is 1.24. The summed E-state index contributed by atoms with van der Waals surface area (Å²) < 4.78 is 27.8. The second-order valence-corrected chi connectivity index (χ2v) is 6.15. The molecule has 0 atom stereocenters. The number of anilines is 1. The Bertz CT molecular complexity index is 500. The van der Waals surface area contributed by atoms with Crippen molar-refractivity contribution in [3.8, 4) is 0 Å². The van der Waals surface area contributed by atoms with Crippen molar-refractivity contribution in [3.05, 3.63) is 29.3 Å². The van der Waals surface area contributed by atoms with Crippen molar-refractivity contribution in [1.82, 2.24) is 4.31 Å². The summed E-state index contributed by atoms with van der Waals surface area (Å²) in [6.45, 7) is 4.83. The van der Waals surface area contributed by atoms with Crippen LogP contribution in [-0.4, -0.2) is 32.9 Å². The van der Waals surface area contributed by atoms with E-state index in [0.717, 1.165) is 11.1 Å². The fourth-order valence-electron chi connectivity index (χ4n) is 1.47. The zero-order valence-electron chi connectivity index (χ0n) is 11.1. The van der Waals surface area contributed by atoms with Crippen molar-refractivity contribution in [2.45, 2.75) is 20.3 Å². The Hall–Kier alpha value is -1.11. The zero-order valence-corrected chi connectivity index (χ0v) is 11.9. The molecule has 0 aliphatic rings. The van der Waals surface area contributed by atoms with Gasteiger partial charge in [0, 0.05) is 13.6 Å². The molecule has 0 saturated heterocycles. The van der Waals surface area contributed by atoms with Crippen LogP contribution in [0.3, 0.4) is 0 Å². The molecule has 0 radical (unpaired) electrons. The van der Waals surface area contributed by atoms with Gasteiger partial charge in [-0.05, 0) is 50.1 Å². The van der Waals surface area contributed by atoms with Crippen LogP contribution in [0.25, 0.3) is 0 Å². The fraction of sp³-hybridized carbons (Fsp3) is 0.500. The Balaban J connectivity index is 2.78. The van der Waals surface area contributed by atoms with Crippen molar-refractivity contribution in [1.29, 1.82) is 0 Å². The number of hydrogen-bond donors (Lipinski definition) is 2. The lowest BCUT2D eigenvalue weighted by molar-refractivity contribution is 0.468. The standard InChI is InChI=1S/C12H21N3O2S/c1-10-5-6-12(9-11(10)2)14-18(16,17)15(3)8-4-7-13/h5-6,9,14H,4,7-8,13H2,1-3H3. The third kappa shape index (κ3) is 3.97. The lowest BCUT2D eigenvalue weighted by Gasteiger charge is -2.18. The third-order valence-corrected chi connectivity index (χ3v) is 4.34. The minimum atomic E-state index is -3.49. The first-order valence-electron chi connectivity index (χ1n) is 5.88. The normalized spacial score (nSPS) is 11.8. The highest BCUT2D eigenvalue weighted by molar-refractivity contribution is 7.90. The Morgan fingerprint density at radius 1 is 1.28 bits per heavy atom. The maximum Gasteiger partial charge on any atom is 0.301 e. The fourth-order valence-corrected chi connectivity index (χ4v) is 2.42. The van der Waals surface area contributed by atoms with Gasteiger partial charge in [0.25, 0.3) is 0 Å². The molecule has 6 heteroatoms. The van der Waals surface area contributed by atoms with Gasteiger partial charge in [-0.1, -0.05) is 6.07 Å². The molecule has 0 bridgehead atoms. The number of nitrogens with zero attached hydrogens (tertiary/aromatic N) is 1. The molecule has 0 aliphatic carbocycles. The number of rotatable bonds is 6. The van der Waals surface area contributed by atoms with Gasteiger partial charge in [0.15, 0.2) is 0 Å². The first-order valence-corrected chi connectivity index (χ1v) is 7.32. The number of nitrogens with two attached hydrogens (primary N) is 1. The van der Waals surface area contributed by atoms with Gasteiger partial charge in [-0.15, -0.1) is 0 Å². The molecular weight excluding hydrogens is 250 g/mol. The van der Waals surface area contributed by atoms with Gasteiger partial charge < -0.3 is 5.73 Å². The van der Waals surface area contributed by atoms with E-state index >= 15 is 0 Å². The van der Waals surface area contributed by atoms with E-state index in [4.69, 9.17) is 5.73 Å². The van der Waals surface area contributed by atoms with Gasteiger partial charge in [0.05, 0.1) is 5.69 Å². The van der Waals surface area contributed by atoms with Crippen LogP contribution in [-0.2, 0) is 10.2 Å². The third-order valence-electron chi connectivity index (χ3n) is 2.84. The molecule has 1 rings (SSSR count). The topological polar surface area (TPSA) is 75.4 Å². The van der Waals surface area contributed by atoms with Crippen molar-refractivity contribution in [3.63, 3.8) is 0 Å². The summed E-state index contributed by atoms with van der Waals surface area (Å²) in [7, 11) is -1.95. The number of benzene rings is 1. The van der Waals surface area contributed by atoms with Crippen molar-refractivity contribution in [2.75, 3.05) is 24.9 Å². The molecule has 102 valence electrons. The average Bonchev–Trinajstić information content (AvgIpc) is 2.30. The second-order valence-electron chi connectivity index (χ2n) is 4.37. The van der Waals surface area contributed by atoms with E-state index in [0.29, 0.717) is 25.2 Å². The van der Waals surface area contributed by atoms with Gasteiger partial charge in [0.2, 0.25) is 0 Å². The first kappa shape index (κ1) is 14.9. The minimum Gasteiger partial charge on any atom is -0.330 e. The van der Waals surface area contributed by atoms with E-state index < -0.39 is 10.2 Å². The average molecular weight is 271 g/mol. The molecule has 0 amide bonds. The lowest BCUT2D eigenvalue weighted by atomic mass is 10.1. The first-order chi connectivity index (χ1) is 8.36. The molecule has 1 aromatic rings. The number of hydrogen-bond acceptors (Lipinski definition) is 3. The molecule has 0 aliphatic heterocycles. The smallest absolute Gasteiger partial charge is 0.301 e. The molecule has 0 fully saturated rings. The van der Waals surface area contributed by atoms with E-state index in [9.17, 15) is 8.42 Å². The SMILES string of the molecule is Cc1ccc(NS(=O)(=O)N(C)CCCN)cc1C. The summed E-state index contributed by atoms with van der Waals surface area (Å²) in [6, 6.07) is 5.48. The largest absolute Gasteiger partial charge is 0.330 e. The summed E-state index contributed by atoms with van der Waals surface area (Å²) in [5.41, 5.74) is 8.14. The van der Waals surface area contributed by atoms with Crippen LogP contribution in [0.2, 0.25) is 0 Å². The van der Waals surface area contributed by atoms with E-state index in [1.54, 1.807) is 13.1 Å². The molecule has 0 unspecified atom stereocenters. The molecule has 0 spiro atoms. The van der Waals surface area contributed by atoms with E-state index in [1.807, 2.05) is 26.0 Å². The van der Waals surface area contributed by atoms with Crippen molar-refractivity contribution < 1.29 is 8.42 Å². The van der Waals surface area contributed by atoms with Crippen molar-refractivity contribution >= 4 is 15.9 Å². The summed E-state index contributed by atoms with van der Waals surface area (Å²) >= 11 is 0. The van der Waals surface area contributed by atoms with E-state index in [2.05, 4.69) is 4.72 Å². The lowest BCUT2D eigenvalue weighted by Crippen LogP contribution is -2.34. The van der Waals surface area contributed by atoms with Crippen LogP contribution in [0.5, 0.6) is 0 Å². The highest BCUT2D eigenvalue weighted by Crippen LogP contribution is 2.16. The van der Waals surface area contributed by atoms with Crippen molar-refractivity contribution in [2.24, 2.45) is 5.73 Å². The molecule has 18 heavy (non-hydrogen) atoms. The minimum absolute atomic E-state index is 0.413. The Kier molecular flexibility index (Phi) is 5.13. The van der Waals surface area contributed by atoms with Gasteiger partial charge in [-0.25, -0.2) is 0 Å². The van der Waals surface area contributed by atoms with Crippen LogP contribution in [0, 0.1) is 13.8 Å². The highest BCUT2D eigenvalue weighted by Gasteiger charge is 2.16. The second kappa shape index (κ2) is 6.17. The van der Waals surface area contributed by atoms with Gasteiger partial charge in [0.1, 0.15) is 0 Å². The number of nitrogens with one attached hydrogen (secondary N) is 1.